The minimum atomic E-state index is -0.366. The van der Waals surface area contributed by atoms with Gasteiger partial charge in [0.1, 0.15) is 0 Å². The molecule has 1 aliphatic carbocycles. The summed E-state index contributed by atoms with van der Waals surface area (Å²) in [6, 6.07) is 7.75. The van der Waals surface area contributed by atoms with Crippen molar-refractivity contribution < 1.29 is 9.59 Å². The molecule has 3 rings (SSSR count). The molecule has 0 bridgehead atoms. The van der Waals surface area contributed by atoms with Gasteiger partial charge in [-0.3, -0.25) is 14.5 Å². The number of carbonyl (C=O) groups is 2. The average molecular weight is 336 g/mol. The third kappa shape index (κ3) is 3.67. The Labute approximate surface area is 141 Å². The molecule has 23 heavy (non-hydrogen) atoms. The van der Waals surface area contributed by atoms with E-state index in [1.54, 1.807) is 0 Å². The Hall–Kier alpha value is -1.59. The highest BCUT2D eigenvalue weighted by Crippen LogP contribution is 2.48. The molecular formula is C17H22ClN3O2. The van der Waals surface area contributed by atoms with Gasteiger partial charge < -0.3 is 11.1 Å². The Morgan fingerprint density at radius 3 is 2.35 bits per heavy atom. The van der Waals surface area contributed by atoms with Crippen molar-refractivity contribution in [1.82, 2.24) is 10.2 Å². The lowest BCUT2D eigenvalue weighted by molar-refractivity contribution is -0.125. The van der Waals surface area contributed by atoms with Gasteiger partial charge >= 0.3 is 0 Å². The van der Waals surface area contributed by atoms with Gasteiger partial charge in [0.15, 0.2) is 0 Å². The number of nitrogens with two attached hydrogens (primary N) is 1. The number of piperidine rings is 1. The van der Waals surface area contributed by atoms with Crippen LogP contribution in [0.25, 0.3) is 0 Å². The summed E-state index contributed by atoms with van der Waals surface area (Å²) in [5, 5.41) is 3.88. The van der Waals surface area contributed by atoms with Gasteiger partial charge in [0, 0.05) is 24.2 Å². The van der Waals surface area contributed by atoms with E-state index in [4.69, 9.17) is 17.3 Å². The van der Waals surface area contributed by atoms with E-state index < -0.39 is 0 Å². The molecule has 0 radical (unpaired) electrons. The lowest BCUT2D eigenvalue weighted by atomic mass is 9.94. The van der Waals surface area contributed by atoms with Crippen LogP contribution in [0.4, 0.5) is 0 Å². The number of halogens is 1. The summed E-state index contributed by atoms with van der Waals surface area (Å²) in [7, 11) is 0. The monoisotopic (exact) mass is 335 g/mol. The number of primary amides is 1. The molecule has 3 N–H and O–H groups in total. The summed E-state index contributed by atoms with van der Waals surface area (Å²) < 4.78 is 0. The standard InChI is InChI=1S/C17H22ClN3O2/c18-13-3-1-12(2-4-13)17(7-8-17)16(23)20-14-5-9-21(10-6-14)11-15(19)22/h1-4,14H,5-11H2,(H2,19,22)(H,20,23). The summed E-state index contributed by atoms with van der Waals surface area (Å²) in [6.07, 6.45) is 3.49. The zero-order chi connectivity index (χ0) is 16.4. The highest BCUT2D eigenvalue weighted by molar-refractivity contribution is 6.30. The number of hydrogen-bond donors (Lipinski definition) is 2. The fraction of sp³-hybridized carbons (Fsp3) is 0.529. The van der Waals surface area contributed by atoms with Crippen molar-refractivity contribution in [3.63, 3.8) is 0 Å². The lowest BCUT2D eigenvalue weighted by Gasteiger charge is -2.32. The SMILES string of the molecule is NC(=O)CN1CCC(NC(=O)C2(c3ccc(Cl)cc3)CC2)CC1. The van der Waals surface area contributed by atoms with Crippen LogP contribution in [0.5, 0.6) is 0 Å². The second-order valence-electron chi connectivity index (χ2n) is 6.58. The molecule has 2 amide bonds. The molecule has 1 heterocycles. The van der Waals surface area contributed by atoms with Gasteiger partial charge in [-0.15, -0.1) is 0 Å². The molecule has 1 aliphatic heterocycles. The van der Waals surface area contributed by atoms with Crippen LogP contribution in [0.2, 0.25) is 5.02 Å². The number of amides is 2. The van der Waals surface area contributed by atoms with Crippen molar-refractivity contribution in [3.05, 3.63) is 34.9 Å². The maximum Gasteiger partial charge on any atom is 0.231 e. The molecular weight excluding hydrogens is 314 g/mol. The zero-order valence-corrected chi connectivity index (χ0v) is 13.8. The Morgan fingerprint density at radius 1 is 1.22 bits per heavy atom. The number of benzene rings is 1. The highest BCUT2D eigenvalue weighted by Gasteiger charge is 2.51. The summed E-state index contributed by atoms with van der Waals surface area (Å²) in [6.45, 7) is 1.89. The first-order valence-corrected chi connectivity index (χ1v) is 8.45. The second kappa shape index (κ2) is 6.49. The van der Waals surface area contributed by atoms with E-state index in [9.17, 15) is 9.59 Å². The molecule has 124 valence electrons. The number of nitrogens with zero attached hydrogens (tertiary/aromatic N) is 1. The number of hydrogen-bond acceptors (Lipinski definition) is 3. The summed E-state index contributed by atoms with van der Waals surface area (Å²) in [5.41, 5.74) is 5.90. The molecule has 1 aromatic carbocycles. The molecule has 0 unspecified atom stereocenters. The van der Waals surface area contributed by atoms with E-state index in [0.29, 0.717) is 11.6 Å². The zero-order valence-electron chi connectivity index (χ0n) is 13.1. The second-order valence-corrected chi connectivity index (χ2v) is 7.02. The quantitative estimate of drug-likeness (QED) is 0.855. The average Bonchev–Trinajstić information content (AvgIpc) is 3.31. The molecule has 2 aliphatic rings. The summed E-state index contributed by atoms with van der Waals surface area (Å²) in [5.74, 6) is -0.180. The summed E-state index contributed by atoms with van der Waals surface area (Å²) in [4.78, 5) is 25.7. The maximum atomic E-state index is 12.7. The molecule has 5 nitrogen and oxygen atoms in total. The van der Waals surface area contributed by atoms with Crippen LogP contribution in [-0.2, 0) is 15.0 Å². The van der Waals surface area contributed by atoms with Crippen LogP contribution in [0.1, 0.15) is 31.2 Å². The molecule has 0 spiro atoms. The Balaban J connectivity index is 1.56. The first-order chi connectivity index (χ1) is 11.0. The normalized spacial score (nSPS) is 20.9. The van der Waals surface area contributed by atoms with E-state index in [1.165, 1.54) is 0 Å². The molecule has 0 aromatic heterocycles. The number of likely N-dealkylation sites (tertiary alicyclic amines) is 1. The van der Waals surface area contributed by atoms with Gasteiger partial charge in [0.2, 0.25) is 11.8 Å². The fourth-order valence-electron chi connectivity index (χ4n) is 3.32. The van der Waals surface area contributed by atoms with Crippen LogP contribution in [-0.4, -0.2) is 42.4 Å². The fourth-order valence-corrected chi connectivity index (χ4v) is 3.45. The molecule has 1 aromatic rings. The van der Waals surface area contributed by atoms with Gasteiger partial charge in [-0.1, -0.05) is 23.7 Å². The van der Waals surface area contributed by atoms with Crippen molar-refractivity contribution in [3.8, 4) is 0 Å². The van der Waals surface area contributed by atoms with E-state index >= 15 is 0 Å². The first kappa shape index (κ1) is 16.3. The molecule has 1 saturated heterocycles. The molecule has 2 fully saturated rings. The van der Waals surface area contributed by atoms with Crippen molar-refractivity contribution in [2.45, 2.75) is 37.1 Å². The van der Waals surface area contributed by atoms with E-state index in [0.717, 1.165) is 44.3 Å². The predicted molar refractivity (Wildman–Crippen MR) is 89.2 cm³/mol. The topological polar surface area (TPSA) is 75.4 Å². The van der Waals surface area contributed by atoms with Crippen LogP contribution in [0, 0.1) is 0 Å². The molecule has 6 heteroatoms. The van der Waals surface area contributed by atoms with Crippen LogP contribution < -0.4 is 11.1 Å². The molecule has 0 atom stereocenters. The number of carbonyl (C=O) groups excluding carboxylic acids is 2. The third-order valence-corrected chi connectivity index (χ3v) is 5.14. The van der Waals surface area contributed by atoms with Crippen molar-refractivity contribution >= 4 is 23.4 Å². The van der Waals surface area contributed by atoms with E-state index in [-0.39, 0.29) is 23.3 Å². The van der Waals surface area contributed by atoms with Crippen LogP contribution >= 0.6 is 11.6 Å². The maximum absolute atomic E-state index is 12.7. The highest BCUT2D eigenvalue weighted by atomic mass is 35.5. The Morgan fingerprint density at radius 2 is 1.83 bits per heavy atom. The minimum Gasteiger partial charge on any atom is -0.369 e. The van der Waals surface area contributed by atoms with Gasteiger partial charge in [-0.05, 0) is 43.4 Å². The minimum absolute atomic E-state index is 0.119. The Bertz CT molecular complexity index is 590. The van der Waals surface area contributed by atoms with Crippen molar-refractivity contribution in [2.75, 3.05) is 19.6 Å². The number of rotatable bonds is 5. The summed E-state index contributed by atoms with van der Waals surface area (Å²) >= 11 is 5.93. The largest absolute Gasteiger partial charge is 0.369 e. The predicted octanol–water partition coefficient (Wildman–Crippen LogP) is 1.44. The Kier molecular flexibility index (Phi) is 4.60. The van der Waals surface area contributed by atoms with Crippen molar-refractivity contribution in [1.29, 1.82) is 0 Å². The third-order valence-electron chi connectivity index (χ3n) is 4.88. The van der Waals surface area contributed by atoms with Crippen LogP contribution in [0.15, 0.2) is 24.3 Å². The van der Waals surface area contributed by atoms with Gasteiger partial charge in [0.05, 0.1) is 12.0 Å². The number of nitrogens with one attached hydrogen (secondary N) is 1. The van der Waals surface area contributed by atoms with Crippen LogP contribution in [0.3, 0.4) is 0 Å². The lowest BCUT2D eigenvalue weighted by Crippen LogP contribution is -2.49. The van der Waals surface area contributed by atoms with Gasteiger partial charge in [-0.2, -0.15) is 0 Å². The van der Waals surface area contributed by atoms with Gasteiger partial charge in [-0.25, -0.2) is 0 Å². The smallest absolute Gasteiger partial charge is 0.231 e. The van der Waals surface area contributed by atoms with Crippen molar-refractivity contribution in [2.24, 2.45) is 5.73 Å². The van der Waals surface area contributed by atoms with Gasteiger partial charge in [0.25, 0.3) is 0 Å². The van der Waals surface area contributed by atoms with E-state index in [2.05, 4.69) is 5.32 Å². The molecule has 1 saturated carbocycles. The van der Waals surface area contributed by atoms with E-state index in [1.807, 2.05) is 29.2 Å². The first-order valence-electron chi connectivity index (χ1n) is 8.07.